The number of aliphatic hydroxyl groups excluding tert-OH is 1. The summed E-state index contributed by atoms with van der Waals surface area (Å²) < 4.78 is 20.8. The molecular formula is C16H15FN4O2. The van der Waals surface area contributed by atoms with Crippen molar-refractivity contribution in [3.63, 3.8) is 0 Å². The van der Waals surface area contributed by atoms with Gasteiger partial charge in [0.2, 0.25) is 0 Å². The van der Waals surface area contributed by atoms with Crippen molar-refractivity contribution in [2.45, 2.75) is 25.2 Å². The van der Waals surface area contributed by atoms with E-state index >= 15 is 0 Å². The van der Waals surface area contributed by atoms with E-state index in [4.69, 9.17) is 4.74 Å². The number of hydrogen-bond acceptors (Lipinski definition) is 5. The minimum atomic E-state index is -0.293. The van der Waals surface area contributed by atoms with E-state index in [-0.39, 0.29) is 24.8 Å². The maximum Gasteiger partial charge on any atom is 0.165 e. The number of rotatable bonds is 3. The van der Waals surface area contributed by atoms with Crippen LogP contribution in [-0.4, -0.2) is 37.3 Å². The van der Waals surface area contributed by atoms with Crippen molar-refractivity contribution < 1.29 is 14.2 Å². The molecule has 1 fully saturated rings. The van der Waals surface area contributed by atoms with Gasteiger partial charge in [0.25, 0.3) is 0 Å². The number of halogens is 1. The quantitative estimate of drug-likeness (QED) is 0.803. The first kappa shape index (κ1) is 14.2. The van der Waals surface area contributed by atoms with Gasteiger partial charge < -0.3 is 9.84 Å². The van der Waals surface area contributed by atoms with Gasteiger partial charge in [-0.25, -0.2) is 19.3 Å². The van der Waals surface area contributed by atoms with Crippen molar-refractivity contribution in [2.75, 3.05) is 6.61 Å². The molecule has 2 unspecified atom stereocenters. The molecule has 23 heavy (non-hydrogen) atoms. The first-order valence-corrected chi connectivity index (χ1v) is 7.46. The Kier molecular flexibility index (Phi) is 3.51. The molecule has 0 spiro atoms. The second-order valence-corrected chi connectivity index (χ2v) is 5.53. The van der Waals surface area contributed by atoms with Gasteiger partial charge in [0, 0.05) is 5.56 Å². The predicted octanol–water partition coefficient (Wildman–Crippen LogP) is 2.30. The number of aliphatic hydroxyl groups is 1. The van der Waals surface area contributed by atoms with Gasteiger partial charge in [-0.3, -0.25) is 4.57 Å². The third kappa shape index (κ3) is 2.47. The van der Waals surface area contributed by atoms with Crippen LogP contribution in [0.4, 0.5) is 4.39 Å². The van der Waals surface area contributed by atoms with Crippen molar-refractivity contribution in [1.29, 1.82) is 0 Å². The van der Waals surface area contributed by atoms with E-state index in [9.17, 15) is 9.50 Å². The van der Waals surface area contributed by atoms with Gasteiger partial charge in [-0.15, -0.1) is 0 Å². The molecule has 1 aliphatic heterocycles. The predicted molar refractivity (Wildman–Crippen MR) is 80.9 cm³/mol. The Bertz CT molecular complexity index is 834. The largest absolute Gasteiger partial charge is 0.394 e. The van der Waals surface area contributed by atoms with Crippen LogP contribution in [0.1, 0.15) is 19.1 Å². The maximum atomic E-state index is 13.1. The lowest BCUT2D eigenvalue weighted by Crippen LogP contribution is -2.14. The van der Waals surface area contributed by atoms with Gasteiger partial charge in [0.05, 0.1) is 19.0 Å². The molecule has 0 aliphatic carbocycles. The summed E-state index contributed by atoms with van der Waals surface area (Å²) in [4.78, 5) is 13.0. The number of imidazole rings is 1. The third-order valence-corrected chi connectivity index (χ3v) is 4.08. The van der Waals surface area contributed by atoms with Crippen LogP contribution in [0, 0.1) is 5.82 Å². The highest BCUT2D eigenvalue weighted by atomic mass is 19.1. The molecule has 2 atom stereocenters. The van der Waals surface area contributed by atoms with Crippen LogP contribution in [0.2, 0.25) is 0 Å². The molecule has 3 heterocycles. The normalized spacial score (nSPS) is 21.1. The zero-order valence-corrected chi connectivity index (χ0v) is 12.3. The molecule has 0 saturated carbocycles. The number of benzene rings is 1. The van der Waals surface area contributed by atoms with E-state index in [1.54, 1.807) is 18.5 Å². The highest BCUT2D eigenvalue weighted by Crippen LogP contribution is 2.32. The van der Waals surface area contributed by atoms with Crippen LogP contribution in [0.15, 0.2) is 36.9 Å². The van der Waals surface area contributed by atoms with Crippen LogP contribution in [0.25, 0.3) is 22.4 Å². The van der Waals surface area contributed by atoms with Gasteiger partial charge in [-0.1, -0.05) is 0 Å². The minimum absolute atomic E-state index is 0.0128. The van der Waals surface area contributed by atoms with Crippen molar-refractivity contribution in [1.82, 2.24) is 19.5 Å². The Balaban J connectivity index is 1.76. The maximum absolute atomic E-state index is 13.1. The van der Waals surface area contributed by atoms with E-state index < -0.39 is 0 Å². The lowest BCUT2D eigenvalue weighted by molar-refractivity contribution is -0.0207. The molecule has 6 nitrogen and oxygen atoms in total. The van der Waals surface area contributed by atoms with E-state index in [1.165, 1.54) is 18.5 Å². The van der Waals surface area contributed by atoms with Crippen LogP contribution >= 0.6 is 0 Å². The second-order valence-electron chi connectivity index (χ2n) is 5.53. The molecule has 1 aliphatic rings. The molecule has 118 valence electrons. The summed E-state index contributed by atoms with van der Waals surface area (Å²) in [5.41, 5.74) is 2.76. The van der Waals surface area contributed by atoms with Crippen molar-refractivity contribution in [2.24, 2.45) is 0 Å². The number of hydrogen-bond donors (Lipinski definition) is 1. The summed E-state index contributed by atoms with van der Waals surface area (Å²) in [5, 5.41) is 9.20. The minimum Gasteiger partial charge on any atom is -0.394 e. The number of ether oxygens (including phenoxy) is 1. The molecule has 1 saturated heterocycles. The molecule has 0 bridgehead atoms. The zero-order chi connectivity index (χ0) is 15.8. The smallest absolute Gasteiger partial charge is 0.165 e. The summed E-state index contributed by atoms with van der Waals surface area (Å²) in [5.74, 6) is -0.293. The van der Waals surface area contributed by atoms with Crippen LogP contribution in [0.5, 0.6) is 0 Å². The summed E-state index contributed by atoms with van der Waals surface area (Å²) in [6.45, 7) is 0.0128. The fourth-order valence-electron chi connectivity index (χ4n) is 2.91. The lowest BCUT2D eigenvalue weighted by atomic mass is 10.1. The highest BCUT2D eigenvalue weighted by Gasteiger charge is 2.27. The molecule has 3 aromatic rings. The fourth-order valence-corrected chi connectivity index (χ4v) is 2.91. The van der Waals surface area contributed by atoms with E-state index in [2.05, 4.69) is 15.0 Å². The van der Waals surface area contributed by atoms with Crippen molar-refractivity contribution in [3.05, 3.63) is 42.7 Å². The number of aromatic nitrogens is 4. The average molecular weight is 314 g/mol. The molecule has 0 amide bonds. The SMILES string of the molecule is OCC1CCC(n2cnc3c(-c4ccc(F)cc4)ncnc32)O1. The second kappa shape index (κ2) is 5.68. The van der Waals surface area contributed by atoms with Gasteiger partial charge in [0.1, 0.15) is 29.6 Å². The van der Waals surface area contributed by atoms with Crippen molar-refractivity contribution >= 4 is 11.2 Å². The van der Waals surface area contributed by atoms with E-state index in [0.29, 0.717) is 16.9 Å². The van der Waals surface area contributed by atoms with Gasteiger partial charge >= 0.3 is 0 Å². The van der Waals surface area contributed by atoms with E-state index in [1.807, 2.05) is 4.57 Å². The van der Waals surface area contributed by atoms with E-state index in [0.717, 1.165) is 18.4 Å². The summed E-state index contributed by atoms with van der Waals surface area (Å²) in [6, 6.07) is 6.13. The monoisotopic (exact) mass is 314 g/mol. The lowest BCUT2D eigenvalue weighted by Gasteiger charge is -2.13. The Morgan fingerprint density at radius 2 is 2.00 bits per heavy atom. The molecule has 2 aromatic heterocycles. The fraction of sp³-hybridized carbons (Fsp3) is 0.312. The average Bonchev–Trinajstić information content (AvgIpc) is 3.21. The Morgan fingerprint density at radius 1 is 1.17 bits per heavy atom. The third-order valence-electron chi connectivity index (χ3n) is 4.08. The molecule has 7 heteroatoms. The summed E-state index contributed by atoms with van der Waals surface area (Å²) in [7, 11) is 0. The summed E-state index contributed by atoms with van der Waals surface area (Å²) in [6.07, 6.45) is 4.42. The zero-order valence-electron chi connectivity index (χ0n) is 12.3. The Morgan fingerprint density at radius 3 is 2.74 bits per heavy atom. The number of nitrogens with zero attached hydrogens (tertiary/aromatic N) is 4. The van der Waals surface area contributed by atoms with Gasteiger partial charge in [-0.2, -0.15) is 0 Å². The van der Waals surface area contributed by atoms with Crippen LogP contribution in [0.3, 0.4) is 0 Å². The van der Waals surface area contributed by atoms with Crippen molar-refractivity contribution in [3.8, 4) is 11.3 Å². The van der Waals surface area contributed by atoms with Gasteiger partial charge in [-0.05, 0) is 37.1 Å². The first-order valence-electron chi connectivity index (χ1n) is 7.46. The number of fused-ring (bicyclic) bond motifs is 1. The molecule has 1 aromatic carbocycles. The Hall–Kier alpha value is -2.38. The molecular weight excluding hydrogens is 299 g/mol. The molecule has 1 N–H and O–H groups in total. The highest BCUT2D eigenvalue weighted by molar-refractivity contribution is 5.87. The van der Waals surface area contributed by atoms with Crippen LogP contribution in [-0.2, 0) is 4.74 Å². The van der Waals surface area contributed by atoms with Gasteiger partial charge in [0.15, 0.2) is 5.65 Å². The topological polar surface area (TPSA) is 73.1 Å². The first-order chi connectivity index (χ1) is 11.3. The standard InChI is InChI=1S/C16H15FN4O2/c17-11-3-1-10(2-4-11)14-15-16(19-8-18-14)21(9-20-15)13-6-5-12(7-22)23-13/h1-4,8-9,12-13,22H,5-7H2. The van der Waals surface area contributed by atoms with Crippen LogP contribution < -0.4 is 0 Å². The molecule has 4 rings (SSSR count). The Labute approximate surface area is 131 Å². The summed E-state index contributed by atoms with van der Waals surface area (Å²) >= 11 is 0. The molecule has 0 radical (unpaired) electrons.